The smallest absolute Gasteiger partial charge is 0.254 e. The van der Waals surface area contributed by atoms with Crippen LogP contribution < -0.4 is 0 Å². The summed E-state index contributed by atoms with van der Waals surface area (Å²) in [5.74, 6) is -3.04. The van der Waals surface area contributed by atoms with Crippen molar-refractivity contribution in [3.63, 3.8) is 0 Å². The maximum atomic E-state index is 16.0. The summed E-state index contributed by atoms with van der Waals surface area (Å²) in [6.07, 6.45) is 8.15. The van der Waals surface area contributed by atoms with Gasteiger partial charge in [-0.25, -0.2) is 8.78 Å². The molecule has 0 unspecified atom stereocenters. The lowest BCUT2D eigenvalue weighted by Crippen LogP contribution is -2.59. The molecule has 0 aliphatic heterocycles. The molecule has 174 valence electrons. The molecule has 32 heavy (non-hydrogen) atoms. The first kappa shape index (κ1) is 22.0. The van der Waals surface area contributed by atoms with Crippen molar-refractivity contribution in [2.45, 2.75) is 83.3 Å². The van der Waals surface area contributed by atoms with Crippen molar-refractivity contribution in [2.24, 2.45) is 40.9 Å². The van der Waals surface area contributed by atoms with Gasteiger partial charge in [0.1, 0.15) is 6.07 Å². The van der Waals surface area contributed by atoms with E-state index >= 15 is 8.78 Å². The van der Waals surface area contributed by atoms with Gasteiger partial charge in [0.2, 0.25) is 0 Å². The molecule has 5 rings (SSSR count). The van der Waals surface area contributed by atoms with Crippen LogP contribution in [0.4, 0.5) is 8.78 Å². The van der Waals surface area contributed by atoms with E-state index in [-0.39, 0.29) is 42.4 Å². The third kappa shape index (κ3) is 3.24. The first-order valence-electron chi connectivity index (χ1n) is 12.1. The zero-order valence-electron chi connectivity index (χ0n) is 18.9. The highest BCUT2D eigenvalue weighted by molar-refractivity contribution is 5.82. The number of carbonyl (C=O) groups excluding carboxylic acids is 1. The van der Waals surface area contributed by atoms with Gasteiger partial charge in [0.25, 0.3) is 5.92 Å². The molecule has 0 radical (unpaired) electrons. The summed E-state index contributed by atoms with van der Waals surface area (Å²) >= 11 is 0. The predicted molar refractivity (Wildman–Crippen MR) is 114 cm³/mol. The molecular formula is C25H33F2N3O2. The summed E-state index contributed by atoms with van der Waals surface area (Å²) in [5.41, 5.74) is -1.62. The summed E-state index contributed by atoms with van der Waals surface area (Å²) in [5, 5.41) is 23.6. The number of nitrogens with zero attached hydrogens (tertiary/aromatic N) is 3. The number of aliphatic hydroxyl groups is 1. The van der Waals surface area contributed by atoms with Crippen LogP contribution in [0.1, 0.15) is 70.8 Å². The third-order valence-corrected chi connectivity index (χ3v) is 9.82. The number of rotatable bonds is 3. The molecule has 1 N–H and O–H groups in total. The Bertz CT molecular complexity index is 951. The Morgan fingerprint density at radius 3 is 2.69 bits per heavy atom. The van der Waals surface area contributed by atoms with Gasteiger partial charge in [-0.05, 0) is 81.5 Å². The average Bonchev–Trinajstić information content (AvgIpc) is 3.32. The van der Waals surface area contributed by atoms with Crippen LogP contribution in [0.25, 0.3) is 0 Å². The van der Waals surface area contributed by atoms with Gasteiger partial charge in [0, 0.05) is 24.0 Å². The van der Waals surface area contributed by atoms with Crippen LogP contribution in [0, 0.1) is 52.3 Å². The normalized spacial score (nSPS) is 44.8. The summed E-state index contributed by atoms with van der Waals surface area (Å²) < 4.78 is 33.3. The lowest BCUT2D eigenvalue weighted by atomic mass is 9.47. The monoisotopic (exact) mass is 445 g/mol. The zero-order valence-corrected chi connectivity index (χ0v) is 18.9. The van der Waals surface area contributed by atoms with Crippen molar-refractivity contribution in [1.29, 1.82) is 5.26 Å². The van der Waals surface area contributed by atoms with E-state index in [2.05, 4.69) is 5.10 Å². The first-order chi connectivity index (χ1) is 15.1. The first-order valence-corrected chi connectivity index (χ1v) is 12.1. The van der Waals surface area contributed by atoms with Gasteiger partial charge in [-0.2, -0.15) is 10.4 Å². The van der Waals surface area contributed by atoms with Gasteiger partial charge in [-0.3, -0.25) is 9.48 Å². The number of fused-ring (bicyclic) bond motifs is 5. The average molecular weight is 446 g/mol. The number of Topliss-reactive ketones (excluding diaryl/α,β-unsaturated/α-hetero) is 1. The number of hydrogen-bond acceptors (Lipinski definition) is 4. The minimum atomic E-state index is -2.89. The minimum absolute atomic E-state index is 0.00363. The maximum absolute atomic E-state index is 16.0. The molecule has 0 amide bonds. The number of halogens is 2. The fraction of sp³-hybridized carbons (Fsp3) is 0.800. The number of nitriles is 1. The van der Waals surface area contributed by atoms with Crippen molar-refractivity contribution in [3.05, 3.63) is 18.0 Å². The Kier molecular flexibility index (Phi) is 5.05. The fourth-order valence-corrected chi connectivity index (χ4v) is 8.33. The topological polar surface area (TPSA) is 78.9 Å². The van der Waals surface area contributed by atoms with Gasteiger partial charge in [0.15, 0.2) is 5.78 Å². The van der Waals surface area contributed by atoms with Crippen molar-refractivity contribution in [1.82, 2.24) is 9.78 Å². The van der Waals surface area contributed by atoms with E-state index in [1.165, 1.54) is 17.1 Å². The molecule has 7 heteroatoms. The molecule has 5 nitrogen and oxygen atoms in total. The second kappa shape index (κ2) is 7.35. The van der Waals surface area contributed by atoms with Crippen molar-refractivity contribution in [3.8, 4) is 6.07 Å². The predicted octanol–water partition coefficient (Wildman–Crippen LogP) is 4.59. The summed E-state index contributed by atoms with van der Waals surface area (Å²) in [7, 11) is 0. The van der Waals surface area contributed by atoms with Crippen molar-refractivity contribution >= 4 is 5.78 Å². The molecule has 0 saturated heterocycles. The highest BCUT2D eigenvalue weighted by atomic mass is 19.3. The van der Waals surface area contributed by atoms with Crippen LogP contribution >= 0.6 is 0 Å². The molecule has 8 atom stereocenters. The summed E-state index contributed by atoms with van der Waals surface area (Å²) in [4.78, 5) is 13.2. The minimum Gasteiger partial charge on any atom is -0.390 e. The Hall–Kier alpha value is -1.81. The van der Waals surface area contributed by atoms with Gasteiger partial charge >= 0.3 is 0 Å². The molecule has 0 spiro atoms. The maximum Gasteiger partial charge on any atom is 0.254 e. The van der Waals surface area contributed by atoms with E-state index in [1.807, 2.05) is 13.0 Å². The van der Waals surface area contributed by atoms with Crippen LogP contribution in [0.15, 0.2) is 12.4 Å². The Morgan fingerprint density at radius 2 is 1.97 bits per heavy atom. The summed E-state index contributed by atoms with van der Waals surface area (Å²) in [6, 6.07) is 1.98. The van der Waals surface area contributed by atoms with E-state index in [1.54, 1.807) is 6.92 Å². The second-order valence-corrected chi connectivity index (χ2v) is 11.5. The Balaban J connectivity index is 1.39. The van der Waals surface area contributed by atoms with Crippen molar-refractivity contribution in [2.75, 3.05) is 0 Å². The van der Waals surface area contributed by atoms with E-state index in [0.717, 1.165) is 25.7 Å². The lowest BCUT2D eigenvalue weighted by molar-refractivity contribution is -0.228. The molecule has 4 aliphatic rings. The molecule has 0 aromatic carbocycles. The molecule has 4 fully saturated rings. The van der Waals surface area contributed by atoms with Crippen LogP contribution in [0.5, 0.6) is 0 Å². The van der Waals surface area contributed by atoms with Gasteiger partial charge in [-0.1, -0.05) is 6.92 Å². The Morgan fingerprint density at radius 1 is 1.19 bits per heavy atom. The summed E-state index contributed by atoms with van der Waals surface area (Å²) in [6.45, 7) is 3.50. The molecule has 1 aromatic rings. The van der Waals surface area contributed by atoms with Gasteiger partial charge in [-0.15, -0.1) is 0 Å². The highest BCUT2D eigenvalue weighted by Crippen LogP contribution is 2.69. The zero-order chi connectivity index (χ0) is 22.9. The number of hydrogen-bond donors (Lipinski definition) is 1. The second-order valence-electron chi connectivity index (χ2n) is 11.5. The number of carbonyl (C=O) groups is 1. The van der Waals surface area contributed by atoms with E-state index in [4.69, 9.17) is 5.26 Å². The SMILES string of the molecule is C[C@@]1(O)CC[C@H]2[C@H](CC[C@@H]3[C@@H]2CC(F)(F)[C@]2(C)[C@@H](C(=O)Cn4cc(C#N)cn4)CC[C@@H]32)C1. The standard InChI is InChI=1S/C25H33F2N3O2/c1-23(32)8-7-17-16(9-23)3-4-18-19(17)10-25(26,27)24(2)20(18)5-6-21(24)22(31)14-30-13-15(11-28)12-29-30/h12-13,16-21,32H,3-10,14H2,1-2H3/t16-,17+,18-,19-,20+,21-,23-,24+/m1/s1. The van der Waals surface area contributed by atoms with Crippen LogP contribution in [0.2, 0.25) is 0 Å². The molecule has 1 aromatic heterocycles. The van der Waals surface area contributed by atoms with Gasteiger partial charge in [0.05, 0.1) is 23.9 Å². The Labute approximate surface area is 188 Å². The van der Waals surface area contributed by atoms with E-state index < -0.39 is 22.9 Å². The lowest BCUT2D eigenvalue weighted by Gasteiger charge is -2.59. The van der Waals surface area contributed by atoms with E-state index in [0.29, 0.717) is 30.7 Å². The molecular weight excluding hydrogens is 412 g/mol. The molecule has 4 aliphatic carbocycles. The van der Waals surface area contributed by atoms with Crippen LogP contribution in [0.3, 0.4) is 0 Å². The largest absolute Gasteiger partial charge is 0.390 e. The number of ketones is 1. The third-order valence-electron chi connectivity index (χ3n) is 9.82. The van der Waals surface area contributed by atoms with Gasteiger partial charge < -0.3 is 5.11 Å². The quantitative estimate of drug-likeness (QED) is 0.738. The molecule has 4 saturated carbocycles. The number of alkyl halides is 2. The molecule has 1 heterocycles. The van der Waals surface area contributed by atoms with E-state index in [9.17, 15) is 9.90 Å². The fourth-order valence-electron chi connectivity index (χ4n) is 8.33. The number of aromatic nitrogens is 2. The van der Waals surface area contributed by atoms with Crippen LogP contribution in [-0.2, 0) is 11.3 Å². The highest BCUT2D eigenvalue weighted by Gasteiger charge is 2.70. The molecule has 0 bridgehead atoms. The van der Waals surface area contributed by atoms with Crippen molar-refractivity contribution < 1.29 is 18.7 Å². The van der Waals surface area contributed by atoms with Crippen LogP contribution in [-0.4, -0.2) is 32.2 Å².